The molecule has 1 aliphatic heterocycles. The highest BCUT2D eigenvalue weighted by Crippen LogP contribution is 2.28. The number of rotatable bonds is 4. The van der Waals surface area contributed by atoms with Crippen LogP contribution < -0.4 is 0 Å². The lowest BCUT2D eigenvalue weighted by molar-refractivity contribution is -0.238. The van der Waals surface area contributed by atoms with Crippen LogP contribution in [-0.4, -0.2) is 25.3 Å². The molecule has 0 bridgehead atoms. The van der Waals surface area contributed by atoms with E-state index in [-0.39, 0.29) is 5.78 Å². The minimum absolute atomic E-state index is 0.235. The summed E-state index contributed by atoms with van der Waals surface area (Å²) in [6, 6.07) is 0. The molecule has 1 saturated heterocycles. The molecule has 1 heterocycles. The molecule has 1 rings (SSSR count). The molecule has 0 aliphatic carbocycles. The first-order valence-electron chi connectivity index (χ1n) is 5.04. The summed E-state index contributed by atoms with van der Waals surface area (Å²) in [6.07, 6.45) is 6.60. The minimum atomic E-state index is -0.658. The summed E-state index contributed by atoms with van der Waals surface area (Å²) in [5, 5.41) is 0. The molecular formula is C11H18O3. The van der Waals surface area contributed by atoms with Crippen LogP contribution in [-0.2, 0) is 14.3 Å². The fourth-order valence-electron chi connectivity index (χ4n) is 1.65. The summed E-state index contributed by atoms with van der Waals surface area (Å²) in [5.41, 5.74) is 0. The van der Waals surface area contributed by atoms with Gasteiger partial charge >= 0.3 is 0 Å². The molecule has 3 nitrogen and oxygen atoms in total. The predicted octanol–water partition coefficient (Wildman–Crippen LogP) is 2.06. The molecular weight excluding hydrogens is 180 g/mol. The van der Waals surface area contributed by atoms with E-state index in [1.807, 2.05) is 13.0 Å². The predicted molar refractivity (Wildman–Crippen MR) is 54.0 cm³/mol. The topological polar surface area (TPSA) is 35.5 Å². The van der Waals surface area contributed by atoms with Crippen LogP contribution in [0.5, 0.6) is 0 Å². The first-order valence-corrected chi connectivity index (χ1v) is 5.04. The molecule has 0 amide bonds. The number of allylic oxidation sites excluding steroid dienone is 2. The molecule has 0 unspecified atom stereocenters. The van der Waals surface area contributed by atoms with E-state index >= 15 is 0 Å². The number of ketones is 1. The Kier molecular flexibility index (Phi) is 4.29. The van der Waals surface area contributed by atoms with Crippen molar-refractivity contribution in [2.75, 3.05) is 13.7 Å². The van der Waals surface area contributed by atoms with Crippen LogP contribution in [0.25, 0.3) is 0 Å². The summed E-state index contributed by atoms with van der Waals surface area (Å²) >= 11 is 0. The number of hydrogen-bond acceptors (Lipinski definition) is 3. The number of methoxy groups -OCH3 is 1. The van der Waals surface area contributed by atoms with Gasteiger partial charge in [0.05, 0.1) is 13.0 Å². The van der Waals surface area contributed by atoms with Crippen LogP contribution in [0.4, 0.5) is 0 Å². The maximum absolute atomic E-state index is 11.3. The zero-order chi connectivity index (χ0) is 10.4. The molecule has 0 saturated carbocycles. The van der Waals surface area contributed by atoms with Gasteiger partial charge in [-0.25, -0.2) is 0 Å². The molecule has 0 aromatic heterocycles. The van der Waals surface area contributed by atoms with E-state index < -0.39 is 5.79 Å². The van der Waals surface area contributed by atoms with Crippen molar-refractivity contribution in [3.63, 3.8) is 0 Å². The van der Waals surface area contributed by atoms with Crippen molar-refractivity contribution in [1.82, 2.24) is 0 Å². The lowest BCUT2D eigenvalue weighted by Crippen LogP contribution is -2.41. The van der Waals surface area contributed by atoms with E-state index in [0.717, 1.165) is 12.8 Å². The Morgan fingerprint density at radius 2 is 2.43 bits per heavy atom. The Morgan fingerprint density at radius 1 is 1.64 bits per heavy atom. The van der Waals surface area contributed by atoms with Gasteiger partial charge in [-0.3, -0.25) is 4.79 Å². The lowest BCUT2D eigenvalue weighted by atomic mass is 9.99. The Balaban J connectivity index is 2.51. The van der Waals surface area contributed by atoms with E-state index in [1.165, 1.54) is 0 Å². The van der Waals surface area contributed by atoms with Crippen molar-refractivity contribution in [1.29, 1.82) is 0 Å². The summed E-state index contributed by atoms with van der Waals surface area (Å²) in [4.78, 5) is 11.3. The van der Waals surface area contributed by atoms with Crippen molar-refractivity contribution in [3.05, 3.63) is 12.2 Å². The largest absolute Gasteiger partial charge is 0.353 e. The minimum Gasteiger partial charge on any atom is -0.353 e. The first kappa shape index (κ1) is 11.4. The van der Waals surface area contributed by atoms with Gasteiger partial charge in [-0.1, -0.05) is 12.2 Å². The molecule has 80 valence electrons. The fraction of sp³-hybridized carbons (Fsp3) is 0.727. The van der Waals surface area contributed by atoms with Gasteiger partial charge in [0, 0.05) is 20.0 Å². The van der Waals surface area contributed by atoms with Gasteiger partial charge in [0.25, 0.3) is 0 Å². The summed E-state index contributed by atoms with van der Waals surface area (Å²) < 4.78 is 10.9. The molecule has 0 N–H and O–H groups in total. The van der Waals surface area contributed by atoms with E-state index in [2.05, 4.69) is 6.08 Å². The van der Waals surface area contributed by atoms with Gasteiger partial charge in [0.2, 0.25) is 0 Å². The quantitative estimate of drug-likeness (QED) is 0.649. The van der Waals surface area contributed by atoms with Crippen LogP contribution in [0.15, 0.2) is 12.2 Å². The van der Waals surface area contributed by atoms with Gasteiger partial charge < -0.3 is 9.47 Å². The van der Waals surface area contributed by atoms with Gasteiger partial charge in [-0.05, 0) is 13.3 Å². The van der Waals surface area contributed by atoms with Crippen LogP contribution in [0, 0.1) is 0 Å². The molecule has 1 atom stereocenters. The third kappa shape index (κ3) is 2.93. The second kappa shape index (κ2) is 5.27. The number of hydrogen-bond donors (Lipinski definition) is 0. The molecule has 0 radical (unpaired) electrons. The van der Waals surface area contributed by atoms with Crippen molar-refractivity contribution in [2.45, 2.75) is 38.4 Å². The van der Waals surface area contributed by atoms with Crippen LogP contribution >= 0.6 is 0 Å². The maximum atomic E-state index is 11.3. The monoisotopic (exact) mass is 198 g/mol. The van der Waals surface area contributed by atoms with E-state index in [0.29, 0.717) is 19.4 Å². The molecule has 0 aromatic rings. The van der Waals surface area contributed by atoms with Gasteiger partial charge in [0.1, 0.15) is 5.78 Å². The first-order chi connectivity index (χ1) is 6.72. The number of carbonyl (C=O) groups is 1. The van der Waals surface area contributed by atoms with Crippen LogP contribution in [0.3, 0.4) is 0 Å². The number of ether oxygens (including phenoxy) is 2. The molecule has 0 spiro atoms. The normalized spacial score (nSPS) is 28.6. The lowest BCUT2D eigenvalue weighted by Gasteiger charge is -2.34. The van der Waals surface area contributed by atoms with Crippen molar-refractivity contribution < 1.29 is 14.3 Å². The Labute approximate surface area is 85.1 Å². The zero-order valence-corrected chi connectivity index (χ0v) is 8.91. The summed E-state index contributed by atoms with van der Waals surface area (Å²) in [6.45, 7) is 2.47. The summed E-state index contributed by atoms with van der Waals surface area (Å²) in [7, 11) is 1.61. The molecule has 14 heavy (non-hydrogen) atoms. The zero-order valence-electron chi connectivity index (χ0n) is 8.91. The SMILES string of the molecule is C/C=C/CC[C@@]1(OC)CC(=O)CCO1. The fourth-order valence-corrected chi connectivity index (χ4v) is 1.65. The smallest absolute Gasteiger partial charge is 0.175 e. The van der Waals surface area contributed by atoms with Crippen molar-refractivity contribution >= 4 is 5.78 Å². The second-order valence-electron chi connectivity index (χ2n) is 3.54. The Morgan fingerprint density at radius 3 is 3.00 bits per heavy atom. The molecule has 1 aliphatic rings. The van der Waals surface area contributed by atoms with E-state index in [1.54, 1.807) is 7.11 Å². The van der Waals surface area contributed by atoms with Crippen LogP contribution in [0.1, 0.15) is 32.6 Å². The highest BCUT2D eigenvalue weighted by molar-refractivity contribution is 5.79. The Bertz CT molecular complexity index is 223. The number of carbonyl (C=O) groups excluding carboxylic acids is 1. The molecule has 1 fully saturated rings. The second-order valence-corrected chi connectivity index (χ2v) is 3.54. The standard InChI is InChI=1S/C11H18O3/c1-3-4-5-7-11(13-2)9-10(12)6-8-14-11/h3-4H,5-9H2,1-2H3/b4-3+/t11-/m0/s1. The van der Waals surface area contributed by atoms with E-state index in [9.17, 15) is 4.79 Å². The maximum Gasteiger partial charge on any atom is 0.175 e. The van der Waals surface area contributed by atoms with E-state index in [4.69, 9.17) is 9.47 Å². The third-order valence-corrected chi connectivity index (χ3v) is 2.51. The van der Waals surface area contributed by atoms with Crippen molar-refractivity contribution in [2.24, 2.45) is 0 Å². The molecule has 0 aromatic carbocycles. The highest BCUT2D eigenvalue weighted by atomic mass is 16.7. The van der Waals surface area contributed by atoms with Gasteiger partial charge in [-0.15, -0.1) is 0 Å². The van der Waals surface area contributed by atoms with Crippen molar-refractivity contribution in [3.8, 4) is 0 Å². The average molecular weight is 198 g/mol. The number of Topliss-reactive ketones (excluding diaryl/α,β-unsaturated/α-hetero) is 1. The van der Waals surface area contributed by atoms with Gasteiger partial charge in [0.15, 0.2) is 5.79 Å². The van der Waals surface area contributed by atoms with Crippen LogP contribution in [0.2, 0.25) is 0 Å². The summed E-state index contributed by atoms with van der Waals surface area (Å²) in [5.74, 6) is -0.423. The highest BCUT2D eigenvalue weighted by Gasteiger charge is 2.36. The Hall–Kier alpha value is -0.670. The van der Waals surface area contributed by atoms with Gasteiger partial charge in [-0.2, -0.15) is 0 Å². The molecule has 3 heteroatoms. The average Bonchev–Trinajstić information content (AvgIpc) is 2.18. The third-order valence-electron chi connectivity index (χ3n) is 2.51.